The Bertz CT molecular complexity index is 311. The number of hydrogen-bond donors (Lipinski definition) is 2. The van der Waals surface area contributed by atoms with E-state index in [1.165, 1.54) is 5.56 Å². The highest BCUT2D eigenvalue weighted by Crippen LogP contribution is 2.04. The van der Waals surface area contributed by atoms with Crippen LogP contribution in [0.3, 0.4) is 0 Å². The normalized spacial score (nSPS) is 10.2. The molecule has 94 valence electrons. The Morgan fingerprint density at radius 1 is 1.12 bits per heavy atom. The second-order valence-electron chi connectivity index (χ2n) is 4.12. The third kappa shape index (κ3) is 6.74. The van der Waals surface area contributed by atoms with Crippen molar-refractivity contribution in [3.8, 4) is 0 Å². The van der Waals surface area contributed by atoms with E-state index in [9.17, 15) is 4.79 Å². The van der Waals surface area contributed by atoms with Gasteiger partial charge in [-0.15, -0.1) is 0 Å². The summed E-state index contributed by atoms with van der Waals surface area (Å²) in [5, 5.41) is 11.4. The van der Waals surface area contributed by atoms with E-state index in [0.717, 1.165) is 25.7 Å². The average Bonchev–Trinajstić information content (AvgIpc) is 2.36. The molecule has 0 unspecified atom stereocenters. The first kappa shape index (κ1) is 13.7. The fourth-order valence-corrected chi connectivity index (χ4v) is 1.65. The number of aryl methyl sites for hydroxylation is 1. The van der Waals surface area contributed by atoms with E-state index in [4.69, 9.17) is 5.11 Å². The summed E-state index contributed by atoms with van der Waals surface area (Å²) in [5.41, 5.74) is 1.28. The summed E-state index contributed by atoms with van der Waals surface area (Å²) in [6.45, 7) is 0.870. The monoisotopic (exact) mass is 235 g/mol. The Hall–Kier alpha value is -1.35. The summed E-state index contributed by atoms with van der Waals surface area (Å²) in [6.07, 6.45) is 4.01. The lowest BCUT2D eigenvalue weighted by molar-refractivity contribution is -0.121. The smallest absolute Gasteiger partial charge is 0.220 e. The van der Waals surface area contributed by atoms with Gasteiger partial charge in [0.25, 0.3) is 0 Å². The Kier molecular flexibility index (Phi) is 7.07. The number of aliphatic hydroxyl groups is 1. The maximum Gasteiger partial charge on any atom is 0.220 e. The lowest BCUT2D eigenvalue weighted by atomic mass is 10.1. The highest BCUT2D eigenvalue weighted by Gasteiger charge is 2.00. The SMILES string of the molecule is O=C(CCCc1ccccc1)NCCCCO. The van der Waals surface area contributed by atoms with Crippen molar-refractivity contribution in [2.75, 3.05) is 13.2 Å². The van der Waals surface area contributed by atoms with Crippen molar-refractivity contribution in [2.24, 2.45) is 0 Å². The molecule has 1 amide bonds. The minimum atomic E-state index is 0.110. The molecule has 0 saturated heterocycles. The van der Waals surface area contributed by atoms with Gasteiger partial charge in [-0.2, -0.15) is 0 Å². The Morgan fingerprint density at radius 3 is 2.59 bits per heavy atom. The van der Waals surface area contributed by atoms with Crippen molar-refractivity contribution >= 4 is 5.91 Å². The van der Waals surface area contributed by atoms with Crippen LogP contribution >= 0.6 is 0 Å². The summed E-state index contributed by atoms with van der Waals surface area (Å²) in [4.78, 5) is 11.4. The molecule has 2 N–H and O–H groups in total. The molecule has 0 aliphatic carbocycles. The van der Waals surface area contributed by atoms with Crippen LogP contribution in [-0.2, 0) is 11.2 Å². The van der Waals surface area contributed by atoms with E-state index in [2.05, 4.69) is 17.4 Å². The molecule has 1 aromatic rings. The third-order valence-corrected chi connectivity index (χ3v) is 2.62. The first-order chi connectivity index (χ1) is 8.33. The van der Waals surface area contributed by atoms with Crippen molar-refractivity contribution in [3.05, 3.63) is 35.9 Å². The highest BCUT2D eigenvalue weighted by molar-refractivity contribution is 5.75. The molecule has 0 aliphatic heterocycles. The van der Waals surface area contributed by atoms with E-state index in [0.29, 0.717) is 13.0 Å². The average molecular weight is 235 g/mol. The fourth-order valence-electron chi connectivity index (χ4n) is 1.65. The quantitative estimate of drug-likeness (QED) is 0.676. The molecule has 3 nitrogen and oxygen atoms in total. The first-order valence-corrected chi connectivity index (χ1v) is 6.24. The molecular formula is C14H21NO2. The van der Waals surface area contributed by atoms with Crippen LogP contribution in [-0.4, -0.2) is 24.2 Å². The molecule has 0 bridgehead atoms. The minimum Gasteiger partial charge on any atom is -0.396 e. The lowest BCUT2D eigenvalue weighted by Crippen LogP contribution is -2.24. The van der Waals surface area contributed by atoms with Gasteiger partial charge in [0.1, 0.15) is 0 Å². The molecule has 0 saturated carbocycles. The molecular weight excluding hydrogens is 214 g/mol. The number of amides is 1. The Morgan fingerprint density at radius 2 is 1.88 bits per heavy atom. The molecule has 0 heterocycles. The number of hydrogen-bond acceptors (Lipinski definition) is 2. The van der Waals surface area contributed by atoms with Gasteiger partial charge in [-0.1, -0.05) is 30.3 Å². The van der Waals surface area contributed by atoms with E-state index in [-0.39, 0.29) is 12.5 Å². The third-order valence-electron chi connectivity index (χ3n) is 2.62. The molecule has 0 fully saturated rings. The summed E-state index contributed by atoms with van der Waals surface area (Å²) in [6, 6.07) is 10.2. The van der Waals surface area contributed by atoms with Gasteiger partial charge in [-0.3, -0.25) is 4.79 Å². The predicted molar refractivity (Wildman–Crippen MR) is 68.7 cm³/mol. The summed E-state index contributed by atoms with van der Waals surface area (Å²) < 4.78 is 0. The number of unbranched alkanes of at least 4 members (excludes halogenated alkanes) is 1. The van der Waals surface area contributed by atoms with Crippen molar-refractivity contribution < 1.29 is 9.90 Å². The largest absolute Gasteiger partial charge is 0.396 e. The van der Waals surface area contributed by atoms with E-state index in [1.807, 2.05) is 18.2 Å². The van der Waals surface area contributed by atoms with Crippen molar-refractivity contribution in [2.45, 2.75) is 32.1 Å². The maximum atomic E-state index is 11.4. The predicted octanol–water partition coefficient (Wildman–Crippen LogP) is 1.90. The van der Waals surface area contributed by atoms with Gasteiger partial charge < -0.3 is 10.4 Å². The van der Waals surface area contributed by atoms with Crippen LogP contribution in [0.2, 0.25) is 0 Å². The standard InChI is InChI=1S/C14H21NO2/c16-12-5-4-11-15-14(17)10-6-9-13-7-2-1-3-8-13/h1-3,7-8,16H,4-6,9-12H2,(H,15,17). The fraction of sp³-hybridized carbons (Fsp3) is 0.500. The van der Waals surface area contributed by atoms with Crippen LogP contribution in [0.15, 0.2) is 30.3 Å². The van der Waals surface area contributed by atoms with Crippen LogP contribution < -0.4 is 5.32 Å². The number of nitrogens with one attached hydrogen (secondary N) is 1. The first-order valence-electron chi connectivity index (χ1n) is 6.24. The molecule has 0 aliphatic rings. The van der Waals surface area contributed by atoms with Crippen molar-refractivity contribution in [1.82, 2.24) is 5.32 Å². The van der Waals surface area contributed by atoms with Gasteiger partial charge in [0, 0.05) is 19.6 Å². The number of carbonyl (C=O) groups is 1. The topological polar surface area (TPSA) is 49.3 Å². The van der Waals surface area contributed by atoms with E-state index < -0.39 is 0 Å². The van der Waals surface area contributed by atoms with E-state index >= 15 is 0 Å². The summed E-state index contributed by atoms with van der Waals surface area (Å²) >= 11 is 0. The minimum absolute atomic E-state index is 0.110. The highest BCUT2D eigenvalue weighted by atomic mass is 16.2. The zero-order valence-electron chi connectivity index (χ0n) is 10.2. The van der Waals surface area contributed by atoms with Crippen LogP contribution in [0, 0.1) is 0 Å². The van der Waals surface area contributed by atoms with Gasteiger partial charge >= 0.3 is 0 Å². The number of rotatable bonds is 8. The van der Waals surface area contributed by atoms with E-state index in [1.54, 1.807) is 0 Å². The molecule has 0 atom stereocenters. The van der Waals surface area contributed by atoms with Gasteiger partial charge in [0.2, 0.25) is 5.91 Å². The van der Waals surface area contributed by atoms with Crippen molar-refractivity contribution in [1.29, 1.82) is 0 Å². The summed E-state index contributed by atoms with van der Waals surface area (Å²) in [7, 11) is 0. The van der Waals surface area contributed by atoms with Gasteiger partial charge in [-0.05, 0) is 31.2 Å². The molecule has 0 aromatic heterocycles. The second kappa shape index (κ2) is 8.76. The maximum absolute atomic E-state index is 11.4. The molecule has 0 spiro atoms. The van der Waals surface area contributed by atoms with Gasteiger partial charge in [0.05, 0.1) is 0 Å². The van der Waals surface area contributed by atoms with Crippen LogP contribution in [0.4, 0.5) is 0 Å². The molecule has 1 rings (SSSR count). The number of aliphatic hydroxyl groups excluding tert-OH is 1. The molecule has 3 heteroatoms. The number of carbonyl (C=O) groups excluding carboxylic acids is 1. The number of benzene rings is 1. The summed E-state index contributed by atoms with van der Waals surface area (Å²) in [5.74, 6) is 0.110. The van der Waals surface area contributed by atoms with Crippen LogP contribution in [0.1, 0.15) is 31.2 Å². The van der Waals surface area contributed by atoms with Gasteiger partial charge in [-0.25, -0.2) is 0 Å². The molecule has 17 heavy (non-hydrogen) atoms. The Balaban J connectivity index is 2.04. The Labute approximate surface area is 103 Å². The molecule has 1 aromatic carbocycles. The van der Waals surface area contributed by atoms with Crippen LogP contribution in [0.25, 0.3) is 0 Å². The second-order valence-corrected chi connectivity index (χ2v) is 4.12. The van der Waals surface area contributed by atoms with Crippen LogP contribution in [0.5, 0.6) is 0 Å². The zero-order chi connectivity index (χ0) is 12.3. The lowest BCUT2D eigenvalue weighted by Gasteiger charge is -2.04. The zero-order valence-corrected chi connectivity index (χ0v) is 10.2. The van der Waals surface area contributed by atoms with Crippen molar-refractivity contribution in [3.63, 3.8) is 0 Å². The van der Waals surface area contributed by atoms with Gasteiger partial charge in [0.15, 0.2) is 0 Å². The molecule has 0 radical (unpaired) electrons.